The van der Waals surface area contributed by atoms with Gasteiger partial charge in [-0.05, 0) is 58.5 Å². The number of carbonyl (C=O) groups excluding carboxylic acids is 3. The van der Waals surface area contributed by atoms with E-state index in [1.54, 1.807) is 6.92 Å². The minimum absolute atomic E-state index is 0.0176. The summed E-state index contributed by atoms with van der Waals surface area (Å²) in [4.78, 5) is 42.2. The Labute approximate surface area is 211 Å². The molecule has 0 aromatic rings. The molecule has 0 radical (unpaired) electrons. The highest BCUT2D eigenvalue weighted by atomic mass is 16.5. The normalized spacial score (nSPS) is 22.0. The van der Waals surface area contributed by atoms with Crippen molar-refractivity contribution in [1.29, 1.82) is 0 Å². The van der Waals surface area contributed by atoms with E-state index in [4.69, 9.17) is 4.74 Å². The molecule has 3 fully saturated rings. The van der Waals surface area contributed by atoms with Gasteiger partial charge in [-0.25, -0.2) is 0 Å². The van der Waals surface area contributed by atoms with Crippen LogP contribution in [0.3, 0.4) is 0 Å². The number of nitrogens with one attached hydrogen (secondary N) is 2. The molecular formula is C27H48N4O4. The van der Waals surface area contributed by atoms with Crippen LogP contribution in [0.2, 0.25) is 0 Å². The molecule has 2 N–H and O–H groups in total. The fourth-order valence-electron chi connectivity index (χ4n) is 5.93. The Morgan fingerprint density at radius 2 is 1.60 bits per heavy atom. The molecule has 35 heavy (non-hydrogen) atoms. The molecule has 200 valence electrons. The number of nitrogens with zero attached hydrogens (tertiary/aromatic N) is 2. The Morgan fingerprint density at radius 3 is 2.29 bits per heavy atom. The molecule has 2 heterocycles. The molecule has 8 heteroatoms. The fraction of sp³-hybridized carbons (Fsp3) is 0.889. The third kappa shape index (κ3) is 9.47. The second-order valence-corrected chi connectivity index (χ2v) is 10.8. The van der Waals surface area contributed by atoms with Crippen molar-refractivity contribution in [2.45, 2.75) is 102 Å². The number of piperidine rings is 1. The van der Waals surface area contributed by atoms with Crippen LogP contribution in [0.15, 0.2) is 0 Å². The molecule has 0 spiro atoms. The summed E-state index contributed by atoms with van der Waals surface area (Å²) in [5, 5.41) is 6.28. The van der Waals surface area contributed by atoms with Crippen LogP contribution in [0, 0.1) is 0 Å². The smallest absolute Gasteiger partial charge is 0.242 e. The van der Waals surface area contributed by atoms with E-state index < -0.39 is 6.04 Å². The van der Waals surface area contributed by atoms with Crippen LogP contribution < -0.4 is 10.6 Å². The first-order chi connectivity index (χ1) is 17.0. The molecule has 1 saturated carbocycles. The number of hydrogen-bond donors (Lipinski definition) is 2. The van der Waals surface area contributed by atoms with Crippen molar-refractivity contribution in [1.82, 2.24) is 20.4 Å². The van der Waals surface area contributed by atoms with E-state index >= 15 is 0 Å². The molecule has 0 bridgehead atoms. The number of unbranched alkanes of at least 4 members (excludes halogenated alkanes) is 2. The first kappa shape index (κ1) is 28.1. The molecular weight excluding hydrogens is 444 g/mol. The van der Waals surface area contributed by atoms with Crippen LogP contribution in [-0.2, 0) is 19.1 Å². The number of ketones is 1. The van der Waals surface area contributed by atoms with E-state index in [2.05, 4.69) is 20.4 Å². The number of Topliss-reactive ketones (excluding diaryl/α,β-unsaturated/α-hetero) is 1. The van der Waals surface area contributed by atoms with Crippen molar-refractivity contribution < 1.29 is 19.1 Å². The fourth-order valence-corrected chi connectivity index (χ4v) is 5.93. The zero-order valence-corrected chi connectivity index (χ0v) is 22.0. The van der Waals surface area contributed by atoms with Gasteiger partial charge in [-0.1, -0.05) is 32.1 Å². The van der Waals surface area contributed by atoms with Crippen molar-refractivity contribution in [3.8, 4) is 0 Å². The molecule has 2 aliphatic heterocycles. The Balaban J connectivity index is 1.52. The van der Waals surface area contributed by atoms with Crippen LogP contribution in [0.25, 0.3) is 0 Å². The van der Waals surface area contributed by atoms with E-state index in [0.29, 0.717) is 25.8 Å². The number of ether oxygens (including phenoxy) is 1. The van der Waals surface area contributed by atoms with Crippen LogP contribution >= 0.6 is 0 Å². The van der Waals surface area contributed by atoms with Gasteiger partial charge in [0.05, 0.1) is 13.2 Å². The average Bonchev–Trinajstić information content (AvgIpc) is 3.36. The van der Waals surface area contributed by atoms with Crippen LogP contribution in [-0.4, -0.2) is 91.5 Å². The number of rotatable bonds is 14. The molecule has 2 amide bonds. The summed E-state index contributed by atoms with van der Waals surface area (Å²) < 4.78 is 5.56. The summed E-state index contributed by atoms with van der Waals surface area (Å²) in [6.07, 6.45) is 12.5. The highest BCUT2D eigenvalue weighted by Gasteiger charge is 2.40. The quantitative estimate of drug-likeness (QED) is 0.362. The van der Waals surface area contributed by atoms with Gasteiger partial charge in [0.25, 0.3) is 0 Å². The minimum atomic E-state index is -0.510. The van der Waals surface area contributed by atoms with Crippen LogP contribution in [0.1, 0.15) is 90.4 Å². The maximum absolute atomic E-state index is 13.3. The summed E-state index contributed by atoms with van der Waals surface area (Å²) >= 11 is 0. The summed E-state index contributed by atoms with van der Waals surface area (Å²) in [5.41, 5.74) is 0.0176. The van der Waals surface area contributed by atoms with E-state index in [9.17, 15) is 14.4 Å². The SMILES string of the molecule is CC(=O)CCCCC[C@H](NC(=O)CCN1CCCCC1)C(=O)NCC1(N2CCOCC2)CCCC1. The summed E-state index contributed by atoms with van der Waals surface area (Å²) in [6.45, 7) is 8.50. The molecule has 3 rings (SSSR count). The molecule has 2 saturated heterocycles. The minimum Gasteiger partial charge on any atom is -0.379 e. The number of morpholine rings is 1. The molecule has 1 aliphatic carbocycles. The Kier molecular flexibility index (Phi) is 12.0. The number of hydrogen-bond acceptors (Lipinski definition) is 6. The molecule has 3 aliphatic rings. The van der Waals surface area contributed by atoms with Crippen molar-refractivity contribution in [2.75, 3.05) is 52.5 Å². The van der Waals surface area contributed by atoms with E-state index in [0.717, 1.165) is 78.0 Å². The Morgan fingerprint density at radius 1 is 0.886 bits per heavy atom. The van der Waals surface area contributed by atoms with Crippen LogP contribution in [0.4, 0.5) is 0 Å². The highest BCUT2D eigenvalue weighted by molar-refractivity contribution is 5.87. The third-order valence-electron chi connectivity index (χ3n) is 8.08. The van der Waals surface area contributed by atoms with Gasteiger partial charge >= 0.3 is 0 Å². The molecule has 8 nitrogen and oxygen atoms in total. The number of amides is 2. The van der Waals surface area contributed by atoms with Crippen molar-refractivity contribution in [2.24, 2.45) is 0 Å². The van der Waals surface area contributed by atoms with Gasteiger partial charge in [0.1, 0.15) is 11.8 Å². The van der Waals surface area contributed by atoms with Crippen LogP contribution in [0.5, 0.6) is 0 Å². The Hall–Kier alpha value is -1.51. The molecule has 0 aromatic carbocycles. The largest absolute Gasteiger partial charge is 0.379 e. The summed E-state index contributed by atoms with van der Waals surface area (Å²) in [7, 11) is 0. The van der Waals surface area contributed by atoms with Gasteiger partial charge in [0, 0.05) is 44.6 Å². The van der Waals surface area contributed by atoms with Gasteiger partial charge in [-0.3, -0.25) is 14.5 Å². The van der Waals surface area contributed by atoms with Gasteiger partial charge in [-0.15, -0.1) is 0 Å². The number of likely N-dealkylation sites (tertiary alicyclic amines) is 1. The lowest BCUT2D eigenvalue weighted by atomic mass is 9.94. The Bertz CT molecular complexity index is 668. The molecule has 0 unspecified atom stereocenters. The zero-order chi connectivity index (χ0) is 24.9. The second-order valence-electron chi connectivity index (χ2n) is 10.8. The van der Waals surface area contributed by atoms with Crippen molar-refractivity contribution >= 4 is 17.6 Å². The van der Waals surface area contributed by atoms with Gasteiger partial charge in [0.2, 0.25) is 11.8 Å². The predicted molar refractivity (Wildman–Crippen MR) is 137 cm³/mol. The van der Waals surface area contributed by atoms with E-state index in [1.807, 2.05) is 0 Å². The van der Waals surface area contributed by atoms with Gasteiger partial charge in [-0.2, -0.15) is 0 Å². The monoisotopic (exact) mass is 492 g/mol. The zero-order valence-electron chi connectivity index (χ0n) is 22.0. The average molecular weight is 493 g/mol. The number of carbonyl (C=O) groups is 3. The third-order valence-corrected chi connectivity index (χ3v) is 8.08. The maximum Gasteiger partial charge on any atom is 0.242 e. The highest BCUT2D eigenvalue weighted by Crippen LogP contribution is 2.35. The molecule has 0 aromatic heterocycles. The lowest BCUT2D eigenvalue weighted by Crippen LogP contribution is -2.59. The predicted octanol–water partition coefficient (Wildman–Crippen LogP) is 2.65. The van der Waals surface area contributed by atoms with Gasteiger partial charge in [0.15, 0.2) is 0 Å². The standard InChI is InChI=1S/C27H48N4O4/c1-23(32)10-4-2-5-11-24(29-25(33)12-17-30-15-8-3-9-16-30)26(34)28-22-27(13-6-7-14-27)31-18-20-35-21-19-31/h24H,2-22H2,1H3,(H,28,34)(H,29,33)/t24-/m0/s1. The lowest BCUT2D eigenvalue weighted by molar-refractivity contribution is -0.130. The first-order valence-electron chi connectivity index (χ1n) is 14.1. The van der Waals surface area contributed by atoms with E-state index in [-0.39, 0.29) is 23.1 Å². The van der Waals surface area contributed by atoms with E-state index in [1.165, 1.54) is 32.1 Å². The maximum atomic E-state index is 13.3. The first-order valence-corrected chi connectivity index (χ1v) is 14.1. The van der Waals surface area contributed by atoms with Crippen molar-refractivity contribution in [3.63, 3.8) is 0 Å². The van der Waals surface area contributed by atoms with Crippen molar-refractivity contribution in [3.05, 3.63) is 0 Å². The summed E-state index contributed by atoms with van der Waals surface area (Å²) in [6, 6.07) is -0.510. The summed E-state index contributed by atoms with van der Waals surface area (Å²) in [5.74, 6) is 0.0981. The second kappa shape index (κ2) is 14.9. The van der Waals surface area contributed by atoms with Gasteiger partial charge < -0.3 is 25.1 Å². The lowest BCUT2D eigenvalue weighted by Gasteiger charge is -2.43. The topological polar surface area (TPSA) is 91.0 Å². The molecule has 1 atom stereocenters.